The fourth-order valence-corrected chi connectivity index (χ4v) is 1.74. The number of aliphatic hydroxyl groups is 1. The molecule has 4 nitrogen and oxygen atoms in total. The van der Waals surface area contributed by atoms with E-state index in [1.807, 2.05) is 17.0 Å². The van der Waals surface area contributed by atoms with E-state index >= 15 is 0 Å². The van der Waals surface area contributed by atoms with Gasteiger partial charge in [0.2, 0.25) is 0 Å². The van der Waals surface area contributed by atoms with Gasteiger partial charge in [0.05, 0.1) is 0 Å². The molecule has 0 amide bonds. The van der Waals surface area contributed by atoms with E-state index in [0.29, 0.717) is 12.1 Å². The fraction of sp³-hybridized carbons (Fsp3) is 0.364. The molecule has 1 heterocycles. The Morgan fingerprint density at radius 1 is 1.40 bits per heavy atom. The number of aliphatic hydroxyl groups excluding tert-OH is 1. The van der Waals surface area contributed by atoms with Crippen molar-refractivity contribution in [1.29, 1.82) is 0 Å². The Hall–Kier alpha value is -1.39. The van der Waals surface area contributed by atoms with Crippen molar-refractivity contribution < 1.29 is 9.90 Å². The third-order valence-electron chi connectivity index (χ3n) is 2.58. The average Bonchev–Trinajstić information content (AvgIpc) is 2.30. The Morgan fingerprint density at radius 3 is 2.73 bits per heavy atom. The van der Waals surface area contributed by atoms with Gasteiger partial charge in [-0.15, -0.1) is 0 Å². The molecular formula is C11H14N2O2. The molecule has 80 valence electrons. The van der Waals surface area contributed by atoms with E-state index in [9.17, 15) is 9.90 Å². The summed E-state index contributed by atoms with van der Waals surface area (Å²) in [4.78, 5) is 12.4. The number of β-amino-alcohol motifs (C(OH)–C–C–N with tert-alkyl or cyclic N) is 1. The Labute approximate surface area is 88.5 Å². The van der Waals surface area contributed by atoms with Crippen molar-refractivity contribution in [1.82, 2.24) is 5.32 Å². The van der Waals surface area contributed by atoms with E-state index in [1.165, 1.54) is 0 Å². The maximum Gasteiger partial charge on any atom is 0.150 e. The molecular weight excluding hydrogens is 192 g/mol. The number of anilines is 1. The number of nitrogens with one attached hydrogen (secondary N) is 1. The van der Waals surface area contributed by atoms with Gasteiger partial charge < -0.3 is 15.3 Å². The van der Waals surface area contributed by atoms with Gasteiger partial charge >= 0.3 is 0 Å². The molecule has 1 saturated heterocycles. The van der Waals surface area contributed by atoms with Gasteiger partial charge in [-0.1, -0.05) is 0 Å². The van der Waals surface area contributed by atoms with Crippen LogP contribution in [0.4, 0.5) is 5.69 Å². The smallest absolute Gasteiger partial charge is 0.150 e. The molecule has 2 N–H and O–H groups in total. The van der Waals surface area contributed by atoms with Crippen LogP contribution < -0.4 is 10.2 Å². The van der Waals surface area contributed by atoms with Crippen LogP contribution in [0.1, 0.15) is 10.4 Å². The molecule has 4 heteroatoms. The van der Waals surface area contributed by atoms with E-state index in [0.717, 1.165) is 25.1 Å². The zero-order valence-corrected chi connectivity index (χ0v) is 8.39. The minimum atomic E-state index is -0.485. The summed E-state index contributed by atoms with van der Waals surface area (Å²) in [6.45, 7) is 2.23. The monoisotopic (exact) mass is 206 g/mol. The predicted molar refractivity (Wildman–Crippen MR) is 58.1 cm³/mol. The third kappa shape index (κ3) is 2.16. The second-order valence-corrected chi connectivity index (χ2v) is 3.59. The number of aldehydes is 1. The van der Waals surface area contributed by atoms with Gasteiger partial charge in [0.25, 0.3) is 0 Å². The first-order valence-electron chi connectivity index (χ1n) is 5.02. The maximum atomic E-state index is 10.5. The first-order chi connectivity index (χ1) is 7.31. The number of nitrogens with zero attached hydrogens (tertiary/aromatic N) is 1. The number of hydrogen-bond acceptors (Lipinski definition) is 4. The Balaban J connectivity index is 2.16. The summed E-state index contributed by atoms with van der Waals surface area (Å²) in [7, 11) is 0. The molecule has 1 unspecified atom stereocenters. The highest BCUT2D eigenvalue weighted by atomic mass is 16.3. The van der Waals surface area contributed by atoms with Gasteiger partial charge in [-0.3, -0.25) is 4.79 Å². The molecule has 1 aliphatic heterocycles. The van der Waals surface area contributed by atoms with E-state index in [1.54, 1.807) is 12.1 Å². The normalized spacial score (nSPS) is 21.4. The van der Waals surface area contributed by atoms with E-state index < -0.39 is 6.23 Å². The molecule has 15 heavy (non-hydrogen) atoms. The van der Waals surface area contributed by atoms with Gasteiger partial charge in [0, 0.05) is 30.9 Å². The van der Waals surface area contributed by atoms with Crippen LogP contribution in [0, 0.1) is 0 Å². The first kappa shape index (κ1) is 10.1. The topological polar surface area (TPSA) is 52.6 Å². The molecule has 0 radical (unpaired) electrons. The first-order valence-corrected chi connectivity index (χ1v) is 5.02. The predicted octanol–water partition coefficient (Wildman–Crippen LogP) is 0.227. The lowest BCUT2D eigenvalue weighted by atomic mass is 10.2. The van der Waals surface area contributed by atoms with Crippen molar-refractivity contribution in [2.45, 2.75) is 6.23 Å². The van der Waals surface area contributed by atoms with Crippen LogP contribution in [-0.2, 0) is 0 Å². The molecule has 0 saturated carbocycles. The van der Waals surface area contributed by atoms with Gasteiger partial charge in [-0.2, -0.15) is 0 Å². The summed E-state index contributed by atoms with van der Waals surface area (Å²) in [5.41, 5.74) is 1.61. The molecule has 0 spiro atoms. The Kier molecular flexibility index (Phi) is 2.99. The fourth-order valence-electron chi connectivity index (χ4n) is 1.74. The SMILES string of the molecule is O=Cc1ccc(N2CCNCC2O)cc1. The zero-order chi connectivity index (χ0) is 10.7. The standard InChI is InChI=1S/C11H14N2O2/c14-8-9-1-3-10(4-2-9)13-6-5-12-7-11(13)15/h1-4,8,11-12,15H,5-7H2. The highest BCUT2D eigenvalue weighted by molar-refractivity contribution is 5.75. The zero-order valence-electron chi connectivity index (χ0n) is 8.39. The number of hydrogen-bond donors (Lipinski definition) is 2. The van der Waals surface area contributed by atoms with Crippen molar-refractivity contribution in [2.75, 3.05) is 24.5 Å². The minimum absolute atomic E-state index is 0.485. The lowest BCUT2D eigenvalue weighted by Crippen LogP contribution is -2.51. The number of carbonyl (C=O) groups excluding carboxylic acids is 1. The molecule has 1 aromatic carbocycles. The number of piperazine rings is 1. The molecule has 1 aliphatic rings. The summed E-state index contributed by atoms with van der Waals surface area (Å²) in [6.07, 6.45) is 0.332. The van der Waals surface area contributed by atoms with Crippen LogP contribution in [0.25, 0.3) is 0 Å². The summed E-state index contributed by atoms with van der Waals surface area (Å²) >= 11 is 0. The highest BCUT2D eigenvalue weighted by Gasteiger charge is 2.19. The summed E-state index contributed by atoms with van der Waals surface area (Å²) < 4.78 is 0. The summed E-state index contributed by atoms with van der Waals surface area (Å²) in [6, 6.07) is 7.24. The van der Waals surface area contributed by atoms with Crippen molar-refractivity contribution in [2.24, 2.45) is 0 Å². The Morgan fingerprint density at radius 2 is 2.13 bits per heavy atom. The Bertz CT molecular complexity index is 337. The largest absolute Gasteiger partial charge is 0.372 e. The molecule has 0 bridgehead atoms. The average molecular weight is 206 g/mol. The molecule has 1 fully saturated rings. The highest BCUT2D eigenvalue weighted by Crippen LogP contribution is 2.17. The maximum absolute atomic E-state index is 10.5. The van der Waals surface area contributed by atoms with Crippen LogP contribution in [0.5, 0.6) is 0 Å². The lowest BCUT2D eigenvalue weighted by Gasteiger charge is -2.34. The van der Waals surface area contributed by atoms with E-state index in [-0.39, 0.29) is 0 Å². The molecule has 0 aliphatic carbocycles. The number of carbonyl (C=O) groups is 1. The van der Waals surface area contributed by atoms with Gasteiger partial charge in [0.15, 0.2) is 0 Å². The molecule has 1 aromatic rings. The number of benzene rings is 1. The summed E-state index contributed by atoms with van der Waals surface area (Å²) in [5, 5.41) is 12.9. The molecule has 0 aromatic heterocycles. The van der Waals surface area contributed by atoms with Crippen molar-refractivity contribution in [3.63, 3.8) is 0 Å². The van der Waals surface area contributed by atoms with Crippen molar-refractivity contribution in [3.05, 3.63) is 29.8 Å². The lowest BCUT2D eigenvalue weighted by molar-refractivity contribution is 0.112. The van der Waals surface area contributed by atoms with Gasteiger partial charge in [-0.25, -0.2) is 0 Å². The van der Waals surface area contributed by atoms with Crippen molar-refractivity contribution >= 4 is 12.0 Å². The van der Waals surface area contributed by atoms with Gasteiger partial charge in [-0.05, 0) is 24.3 Å². The van der Waals surface area contributed by atoms with Crippen LogP contribution >= 0.6 is 0 Å². The van der Waals surface area contributed by atoms with Crippen LogP contribution in [-0.4, -0.2) is 37.3 Å². The number of rotatable bonds is 2. The summed E-state index contributed by atoms with van der Waals surface area (Å²) in [5.74, 6) is 0. The van der Waals surface area contributed by atoms with Crippen LogP contribution in [0.3, 0.4) is 0 Å². The van der Waals surface area contributed by atoms with E-state index in [4.69, 9.17) is 0 Å². The van der Waals surface area contributed by atoms with Crippen LogP contribution in [0.15, 0.2) is 24.3 Å². The minimum Gasteiger partial charge on any atom is -0.372 e. The third-order valence-corrected chi connectivity index (χ3v) is 2.58. The second kappa shape index (κ2) is 4.42. The van der Waals surface area contributed by atoms with Crippen LogP contribution in [0.2, 0.25) is 0 Å². The van der Waals surface area contributed by atoms with E-state index in [2.05, 4.69) is 5.32 Å². The van der Waals surface area contributed by atoms with Crippen molar-refractivity contribution in [3.8, 4) is 0 Å². The van der Waals surface area contributed by atoms with Gasteiger partial charge in [0.1, 0.15) is 12.5 Å². The molecule has 1 atom stereocenters. The molecule has 2 rings (SSSR count). The second-order valence-electron chi connectivity index (χ2n) is 3.59. The quantitative estimate of drug-likeness (QED) is 0.680.